The van der Waals surface area contributed by atoms with Crippen LogP contribution in [0, 0.1) is 0 Å². The van der Waals surface area contributed by atoms with Crippen LogP contribution in [0.2, 0.25) is 0 Å². The van der Waals surface area contributed by atoms with Crippen LogP contribution in [-0.4, -0.2) is 18.8 Å². The van der Waals surface area contributed by atoms with E-state index in [9.17, 15) is 0 Å². The summed E-state index contributed by atoms with van der Waals surface area (Å²) in [7, 11) is 0. The van der Waals surface area contributed by atoms with Crippen molar-refractivity contribution >= 4 is 15.9 Å². The zero-order chi connectivity index (χ0) is 14.2. The van der Waals surface area contributed by atoms with Gasteiger partial charge in [-0.15, -0.1) is 0 Å². The first-order valence-electron chi connectivity index (χ1n) is 6.69. The van der Waals surface area contributed by atoms with Crippen LogP contribution in [0.15, 0.2) is 10.5 Å². The Morgan fingerprint density at radius 1 is 1.32 bits per heavy atom. The molecule has 0 unspecified atom stereocenters. The average molecular weight is 328 g/mol. The zero-order valence-corrected chi connectivity index (χ0v) is 13.6. The summed E-state index contributed by atoms with van der Waals surface area (Å²) >= 11 is 3.68. The fourth-order valence-corrected chi connectivity index (χ4v) is 3.49. The Morgan fingerprint density at radius 2 is 1.95 bits per heavy atom. The van der Waals surface area contributed by atoms with Gasteiger partial charge in [-0.1, -0.05) is 13.8 Å². The summed E-state index contributed by atoms with van der Waals surface area (Å²) in [5.74, 6) is 2.05. The second-order valence-corrected chi connectivity index (χ2v) is 6.90. The van der Waals surface area contributed by atoms with Gasteiger partial charge in [0.2, 0.25) is 0 Å². The van der Waals surface area contributed by atoms with Crippen LogP contribution in [-0.2, 0) is 6.42 Å². The van der Waals surface area contributed by atoms with Gasteiger partial charge >= 0.3 is 0 Å². The number of hydrogen-bond donors (Lipinski definition) is 1. The van der Waals surface area contributed by atoms with Crippen LogP contribution in [0.3, 0.4) is 0 Å². The van der Waals surface area contributed by atoms with Crippen molar-refractivity contribution in [3.63, 3.8) is 0 Å². The first kappa shape index (κ1) is 14.7. The van der Waals surface area contributed by atoms with E-state index in [4.69, 9.17) is 15.2 Å². The molecule has 0 aromatic heterocycles. The summed E-state index contributed by atoms with van der Waals surface area (Å²) in [5.41, 5.74) is 8.43. The second kappa shape index (κ2) is 5.33. The second-order valence-electron chi connectivity index (χ2n) is 6.11. The van der Waals surface area contributed by atoms with Crippen molar-refractivity contribution in [1.29, 1.82) is 0 Å². The molecule has 2 rings (SSSR count). The number of rotatable bonds is 3. The van der Waals surface area contributed by atoms with Gasteiger partial charge in [0.1, 0.15) is 13.2 Å². The molecule has 1 heterocycles. The Hall–Kier alpha value is -0.740. The van der Waals surface area contributed by atoms with Crippen LogP contribution < -0.4 is 15.2 Å². The van der Waals surface area contributed by atoms with Crippen molar-refractivity contribution in [2.24, 2.45) is 5.73 Å². The van der Waals surface area contributed by atoms with Crippen LogP contribution >= 0.6 is 15.9 Å². The molecule has 1 aliphatic heterocycles. The molecule has 0 fully saturated rings. The number of halogens is 1. The van der Waals surface area contributed by atoms with Crippen molar-refractivity contribution in [3.05, 3.63) is 21.7 Å². The van der Waals surface area contributed by atoms with Gasteiger partial charge in [-0.05, 0) is 59.3 Å². The predicted molar refractivity (Wildman–Crippen MR) is 81.2 cm³/mol. The molecule has 4 heteroatoms. The third-order valence-corrected chi connectivity index (χ3v) is 3.91. The lowest BCUT2D eigenvalue weighted by Crippen LogP contribution is -2.35. The highest BCUT2D eigenvalue weighted by Gasteiger charge is 2.25. The number of ether oxygens (including phenoxy) is 2. The van der Waals surface area contributed by atoms with Crippen molar-refractivity contribution in [2.75, 3.05) is 13.2 Å². The maximum atomic E-state index is 6.18. The van der Waals surface area contributed by atoms with Gasteiger partial charge in [0.15, 0.2) is 11.5 Å². The molecule has 0 spiro atoms. The van der Waals surface area contributed by atoms with Gasteiger partial charge in [0.25, 0.3) is 0 Å². The molecule has 1 aromatic carbocycles. The van der Waals surface area contributed by atoms with E-state index < -0.39 is 0 Å². The topological polar surface area (TPSA) is 44.5 Å². The summed E-state index contributed by atoms with van der Waals surface area (Å²) in [6, 6.07) is 2.09. The fraction of sp³-hybridized carbons (Fsp3) is 0.600. The molecule has 0 saturated heterocycles. The van der Waals surface area contributed by atoms with E-state index in [1.54, 1.807) is 0 Å². The molecule has 0 radical (unpaired) electrons. The van der Waals surface area contributed by atoms with E-state index in [1.807, 2.05) is 13.8 Å². The minimum Gasteiger partial charge on any atom is -0.486 e. The zero-order valence-electron chi connectivity index (χ0n) is 12.0. The maximum Gasteiger partial charge on any atom is 0.175 e. The van der Waals surface area contributed by atoms with Crippen LogP contribution in [0.25, 0.3) is 0 Å². The lowest BCUT2D eigenvalue weighted by molar-refractivity contribution is 0.170. The molecule has 3 nitrogen and oxygen atoms in total. The van der Waals surface area contributed by atoms with Gasteiger partial charge < -0.3 is 15.2 Å². The quantitative estimate of drug-likeness (QED) is 0.922. The molecule has 0 bridgehead atoms. The third-order valence-electron chi connectivity index (χ3n) is 3.12. The van der Waals surface area contributed by atoms with E-state index >= 15 is 0 Å². The Bertz CT molecular complexity index is 478. The van der Waals surface area contributed by atoms with Gasteiger partial charge in [-0.3, -0.25) is 0 Å². The van der Waals surface area contributed by atoms with Crippen molar-refractivity contribution < 1.29 is 9.47 Å². The fourth-order valence-electron chi connectivity index (χ4n) is 2.47. The minimum atomic E-state index is -0.243. The first-order valence-corrected chi connectivity index (χ1v) is 7.48. The third kappa shape index (κ3) is 3.23. The Labute approximate surface area is 123 Å². The smallest absolute Gasteiger partial charge is 0.175 e. The molecule has 1 aromatic rings. The van der Waals surface area contributed by atoms with E-state index in [0.29, 0.717) is 19.1 Å². The van der Waals surface area contributed by atoms with E-state index in [0.717, 1.165) is 22.4 Å². The number of benzene rings is 1. The lowest BCUT2D eigenvalue weighted by atomic mass is 9.88. The first-order chi connectivity index (χ1) is 8.79. The van der Waals surface area contributed by atoms with Crippen molar-refractivity contribution in [3.8, 4) is 11.5 Å². The van der Waals surface area contributed by atoms with Gasteiger partial charge in [-0.2, -0.15) is 0 Å². The maximum absolute atomic E-state index is 6.18. The van der Waals surface area contributed by atoms with Crippen LogP contribution in [0.5, 0.6) is 11.5 Å². The summed E-state index contributed by atoms with van der Waals surface area (Å²) in [6.07, 6.45) is 0.815. The van der Waals surface area contributed by atoms with Gasteiger partial charge in [0, 0.05) is 5.54 Å². The minimum absolute atomic E-state index is 0.243. The summed E-state index contributed by atoms with van der Waals surface area (Å²) in [4.78, 5) is 0. The number of hydrogen-bond acceptors (Lipinski definition) is 3. The highest BCUT2D eigenvalue weighted by Crippen LogP contribution is 2.44. The molecule has 0 amide bonds. The average Bonchev–Trinajstić information content (AvgIpc) is 2.26. The molecule has 0 saturated carbocycles. The molecule has 0 aliphatic carbocycles. The molecular formula is C15H22BrNO2. The van der Waals surface area contributed by atoms with E-state index in [1.165, 1.54) is 11.1 Å². The molecule has 1 aliphatic rings. The summed E-state index contributed by atoms with van der Waals surface area (Å²) in [6.45, 7) is 9.66. The van der Waals surface area contributed by atoms with Crippen LogP contribution in [0.1, 0.15) is 44.7 Å². The van der Waals surface area contributed by atoms with Crippen LogP contribution in [0.4, 0.5) is 0 Å². The Kier molecular flexibility index (Phi) is 4.11. The normalized spacial score (nSPS) is 14.9. The SMILES string of the molecule is CC(C)c1c(CC(C)(C)N)cc2c(c1Br)OCCO2. The highest BCUT2D eigenvalue weighted by atomic mass is 79.9. The molecule has 106 valence electrons. The van der Waals surface area contributed by atoms with Gasteiger partial charge in [-0.25, -0.2) is 0 Å². The molecular weight excluding hydrogens is 306 g/mol. The number of nitrogens with two attached hydrogens (primary N) is 1. The highest BCUT2D eigenvalue weighted by molar-refractivity contribution is 9.10. The van der Waals surface area contributed by atoms with E-state index in [2.05, 4.69) is 35.8 Å². The Morgan fingerprint density at radius 3 is 2.53 bits per heavy atom. The summed E-state index contributed by atoms with van der Waals surface area (Å²) in [5, 5.41) is 0. The largest absolute Gasteiger partial charge is 0.486 e. The van der Waals surface area contributed by atoms with E-state index in [-0.39, 0.29) is 5.54 Å². The monoisotopic (exact) mass is 327 g/mol. The predicted octanol–water partition coefficient (Wildman–Crippen LogP) is 3.62. The lowest BCUT2D eigenvalue weighted by Gasteiger charge is -2.27. The molecule has 0 atom stereocenters. The summed E-state index contributed by atoms with van der Waals surface area (Å²) < 4.78 is 12.4. The standard InChI is InChI=1S/C15H22BrNO2/c1-9(2)12-10(8-15(3,4)17)7-11-14(13(12)16)19-6-5-18-11/h7,9H,5-6,8,17H2,1-4H3. The molecule has 2 N–H and O–H groups in total. The van der Waals surface area contributed by atoms with Crippen molar-refractivity contribution in [1.82, 2.24) is 0 Å². The molecule has 19 heavy (non-hydrogen) atoms. The number of fused-ring (bicyclic) bond motifs is 1. The Balaban J connectivity index is 2.54. The van der Waals surface area contributed by atoms with Crippen molar-refractivity contribution in [2.45, 2.75) is 45.6 Å². The van der Waals surface area contributed by atoms with Gasteiger partial charge in [0.05, 0.1) is 4.47 Å².